The van der Waals surface area contributed by atoms with E-state index in [1.54, 1.807) is 4.90 Å². The number of hydrogen-bond acceptors (Lipinski definition) is 2. The number of nitrogens with one attached hydrogen (secondary N) is 1. The number of nitrogens with zero attached hydrogens (tertiary/aromatic N) is 1. The summed E-state index contributed by atoms with van der Waals surface area (Å²) in [5.74, 6) is -0.0464. The first kappa shape index (κ1) is 22.7. The Morgan fingerprint density at radius 1 is 0.966 bits per heavy atom. The molecule has 2 rings (SSSR count). The van der Waals surface area contributed by atoms with Crippen LogP contribution in [0.15, 0.2) is 54.6 Å². The van der Waals surface area contributed by atoms with Gasteiger partial charge in [0, 0.05) is 19.5 Å². The van der Waals surface area contributed by atoms with Gasteiger partial charge in [0.15, 0.2) is 0 Å². The highest BCUT2D eigenvalue weighted by atomic mass is 16.2. The normalized spacial score (nSPS) is 11.7. The summed E-state index contributed by atoms with van der Waals surface area (Å²) in [7, 11) is 0. The van der Waals surface area contributed by atoms with E-state index in [1.807, 2.05) is 25.1 Å². The summed E-state index contributed by atoms with van der Waals surface area (Å²) < 4.78 is 0. The number of aryl methyl sites for hydroxylation is 2. The minimum Gasteiger partial charge on any atom is -0.354 e. The van der Waals surface area contributed by atoms with E-state index in [1.165, 1.54) is 11.1 Å². The highest BCUT2D eigenvalue weighted by molar-refractivity contribution is 5.87. The van der Waals surface area contributed by atoms with E-state index in [0.29, 0.717) is 25.9 Å². The maximum absolute atomic E-state index is 13.0. The average molecular weight is 395 g/mol. The second-order valence-electron chi connectivity index (χ2n) is 7.63. The van der Waals surface area contributed by atoms with Crippen molar-refractivity contribution < 1.29 is 9.59 Å². The lowest BCUT2D eigenvalue weighted by molar-refractivity contribution is -0.139. The molecule has 0 unspecified atom stereocenters. The van der Waals surface area contributed by atoms with E-state index in [9.17, 15) is 9.59 Å². The molecule has 0 spiro atoms. The lowest BCUT2D eigenvalue weighted by atomic mass is 10.1. The lowest BCUT2D eigenvalue weighted by Gasteiger charge is -2.29. The molecule has 0 heterocycles. The summed E-state index contributed by atoms with van der Waals surface area (Å²) in [6, 6.07) is 17.9. The third kappa shape index (κ3) is 7.72. The van der Waals surface area contributed by atoms with Gasteiger partial charge in [-0.15, -0.1) is 0 Å². The Kier molecular flexibility index (Phi) is 9.42. The summed E-state index contributed by atoms with van der Waals surface area (Å²) in [6.07, 6.45) is 3.81. The first-order chi connectivity index (χ1) is 14.0. The van der Waals surface area contributed by atoms with Crippen LogP contribution in [-0.2, 0) is 22.4 Å². The molecule has 2 amide bonds. The number of carbonyl (C=O) groups is 2. The summed E-state index contributed by atoms with van der Waals surface area (Å²) in [6.45, 7) is 7.17. The van der Waals surface area contributed by atoms with Crippen LogP contribution >= 0.6 is 0 Å². The molecule has 156 valence electrons. The standard InChI is InChI=1S/C25H34N2O2/c1-4-5-18-26-25(29)21(3)27(19-17-22-9-7-6-8-10-22)24(28)16-15-23-13-11-20(2)12-14-23/h6-14,21H,4-5,15-19H2,1-3H3,(H,26,29)/t21-/m0/s1. The molecule has 4 nitrogen and oxygen atoms in total. The van der Waals surface area contributed by atoms with Gasteiger partial charge >= 0.3 is 0 Å². The van der Waals surface area contributed by atoms with Crippen molar-refractivity contribution in [1.29, 1.82) is 0 Å². The molecule has 0 saturated carbocycles. The molecule has 0 aromatic heterocycles. The first-order valence-electron chi connectivity index (χ1n) is 10.7. The fourth-order valence-corrected chi connectivity index (χ4v) is 3.26. The predicted octanol–water partition coefficient (Wildman–Crippen LogP) is 4.30. The van der Waals surface area contributed by atoms with E-state index in [4.69, 9.17) is 0 Å². The zero-order valence-corrected chi connectivity index (χ0v) is 18.0. The average Bonchev–Trinajstić information content (AvgIpc) is 2.74. The third-order valence-corrected chi connectivity index (χ3v) is 5.23. The number of rotatable bonds is 11. The number of amides is 2. The molecule has 0 aliphatic rings. The van der Waals surface area contributed by atoms with Gasteiger partial charge in [-0.2, -0.15) is 0 Å². The van der Waals surface area contributed by atoms with Crippen molar-refractivity contribution in [2.45, 2.75) is 58.9 Å². The Hall–Kier alpha value is -2.62. The highest BCUT2D eigenvalue weighted by Crippen LogP contribution is 2.11. The molecule has 1 N–H and O–H groups in total. The number of benzene rings is 2. The quantitative estimate of drug-likeness (QED) is 0.578. The Labute approximate surface area is 175 Å². The molecule has 1 atom stereocenters. The number of unbranched alkanes of at least 4 members (excludes halogenated alkanes) is 1. The molecule has 4 heteroatoms. The number of hydrogen-bond donors (Lipinski definition) is 1. The predicted molar refractivity (Wildman–Crippen MR) is 119 cm³/mol. The molecule has 2 aromatic rings. The van der Waals surface area contributed by atoms with Crippen LogP contribution in [0.4, 0.5) is 0 Å². The fourth-order valence-electron chi connectivity index (χ4n) is 3.26. The second-order valence-corrected chi connectivity index (χ2v) is 7.63. The lowest BCUT2D eigenvalue weighted by Crippen LogP contribution is -2.49. The van der Waals surface area contributed by atoms with E-state index < -0.39 is 6.04 Å². The topological polar surface area (TPSA) is 49.4 Å². The van der Waals surface area contributed by atoms with Gasteiger partial charge in [0.1, 0.15) is 6.04 Å². The Balaban J connectivity index is 2.01. The van der Waals surface area contributed by atoms with Gasteiger partial charge in [0.2, 0.25) is 11.8 Å². The van der Waals surface area contributed by atoms with Crippen LogP contribution in [0.1, 0.15) is 49.8 Å². The summed E-state index contributed by atoms with van der Waals surface area (Å²) in [5, 5.41) is 2.96. The van der Waals surface area contributed by atoms with E-state index in [2.05, 4.69) is 55.6 Å². The van der Waals surface area contributed by atoms with E-state index in [0.717, 1.165) is 24.8 Å². The largest absolute Gasteiger partial charge is 0.354 e. The molecule has 0 saturated heterocycles. The summed E-state index contributed by atoms with van der Waals surface area (Å²) in [4.78, 5) is 27.3. The van der Waals surface area contributed by atoms with E-state index in [-0.39, 0.29) is 11.8 Å². The van der Waals surface area contributed by atoms with E-state index >= 15 is 0 Å². The minimum atomic E-state index is -0.471. The smallest absolute Gasteiger partial charge is 0.242 e. The molecule has 0 aliphatic heterocycles. The van der Waals surface area contributed by atoms with Crippen LogP contribution in [0, 0.1) is 6.92 Å². The molecule has 0 radical (unpaired) electrons. The Morgan fingerprint density at radius 2 is 1.62 bits per heavy atom. The van der Waals surface area contributed by atoms with Gasteiger partial charge in [-0.1, -0.05) is 73.5 Å². The van der Waals surface area contributed by atoms with Crippen molar-refractivity contribution in [1.82, 2.24) is 10.2 Å². The van der Waals surface area contributed by atoms with Crippen LogP contribution < -0.4 is 5.32 Å². The fraction of sp³-hybridized carbons (Fsp3) is 0.440. The van der Waals surface area contributed by atoms with Gasteiger partial charge < -0.3 is 10.2 Å². The van der Waals surface area contributed by atoms with Gasteiger partial charge in [-0.3, -0.25) is 9.59 Å². The van der Waals surface area contributed by atoms with Crippen LogP contribution in [0.25, 0.3) is 0 Å². The molecule has 2 aromatic carbocycles. The minimum absolute atomic E-state index is 0.0275. The molecule has 29 heavy (non-hydrogen) atoms. The van der Waals surface area contributed by atoms with Crippen molar-refractivity contribution in [2.75, 3.05) is 13.1 Å². The van der Waals surface area contributed by atoms with Gasteiger partial charge in [-0.05, 0) is 44.2 Å². The summed E-state index contributed by atoms with van der Waals surface area (Å²) >= 11 is 0. The Bertz CT molecular complexity index is 756. The van der Waals surface area contributed by atoms with Crippen LogP contribution in [0.2, 0.25) is 0 Å². The third-order valence-electron chi connectivity index (χ3n) is 5.23. The molecule has 0 bridgehead atoms. The SMILES string of the molecule is CCCCNC(=O)[C@H](C)N(CCc1ccccc1)C(=O)CCc1ccc(C)cc1. The number of carbonyl (C=O) groups excluding carboxylic acids is 2. The second kappa shape index (κ2) is 12.1. The molecule has 0 fully saturated rings. The van der Waals surface area contributed by atoms with Gasteiger partial charge in [-0.25, -0.2) is 0 Å². The zero-order valence-electron chi connectivity index (χ0n) is 18.0. The van der Waals surface area contributed by atoms with Crippen molar-refractivity contribution in [3.05, 3.63) is 71.3 Å². The Morgan fingerprint density at radius 3 is 2.28 bits per heavy atom. The maximum atomic E-state index is 13.0. The van der Waals surface area contributed by atoms with Crippen molar-refractivity contribution >= 4 is 11.8 Å². The summed E-state index contributed by atoms with van der Waals surface area (Å²) in [5.41, 5.74) is 3.52. The maximum Gasteiger partial charge on any atom is 0.242 e. The van der Waals surface area contributed by atoms with Crippen LogP contribution in [0.5, 0.6) is 0 Å². The highest BCUT2D eigenvalue weighted by Gasteiger charge is 2.25. The van der Waals surface area contributed by atoms with Crippen molar-refractivity contribution in [3.63, 3.8) is 0 Å². The van der Waals surface area contributed by atoms with Crippen molar-refractivity contribution in [3.8, 4) is 0 Å². The van der Waals surface area contributed by atoms with Crippen LogP contribution in [0.3, 0.4) is 0 Å². The first-order valence-corrected chi connectivity index (χ1v) is 10.7. The molecule has 0 aliphatic carbocycles. The zero-order chi connectivity index (χ0) is 21.1. The molecular weight excluding hydrogens is 360 g/mol. The molecular formula is C25H34N2O2. The van der Waals surface area contributed by atoms with Crippen LogP contribution in [-0.4, -0.2) is 35.8 Å². The van der Waals surface area contributed by atoms with Crippen molar-refractivity contribution in [2.24, 2.45) is 0 Å². The monoisotopic (exact) mass is 394 g/mol. The van der Waals surface area contributed by atoms with Gasteiger partial charge in [0.25, 0.3) is 0 Å². The van der Waals surface area contributed by atoms with Gasteiger partial charge in [0.05, 0.1) is 0 Å².